The van der Waals surface area contributed by atoms with E-state index in [2.05, 4.69) is 12.2 Å². The molecule has 0 fully saturated rings. The van der Waals surface area contributed by atoms with Crippen LogP contribution in [0.25, 0.3) is 0 Å². The van der Waals surface area contributed by atoms with Crippen molar-refractivity contribution < 1.29 is 13.9 Å². The Morgan fingerprint density at radius 2 is 1.72 bits per heavy atom. The fourth-order valence-corrected chi connectivity index (χ4v) is 3.22. The molecule has 0 saturated heterocycles. The summed E-state index contributed by atoms with van der Waals surface area (Å²) < 4.78 is 24.4. The van der Waals surface area contributed by atoms with Crippen LogP contribution < -0.4 is 14.8 Å². The highest BCUT2D eigenvalue weighted by Crippen LogP contribution is 2.29. The molecule has 0 unspecified atom stereocenters. The number of hydrogen-bond acceptors (Lipinski definition) is 3. The van der Waals surface area contributed by atoms with Gasteiger partial charge in [-0.2, -0.15) is 0 Å². The lowest BCUT2D eigenvalue weighted by atomic mass is 10.1. The van der Waals surface area contributed by atoms with Gasteiger partial charge in [-0.3, -0.25) is 0 Å². The average molecular weight is 444 g/mol. The van der Waals surface area contributed by atoms with E-state index in [4.69, 9.17) is 21.1 Å². The van der Waals surface area contributed by atoms with Crippen LogP contribution in [0.15, 0.2) is 36.4 Å². The Kier molecular flexibility index (Phi) is 12.8. The van der Waals surface area contributed by atoms with Crippen LogP contribution >= 0.6 is 24.0 Å². The minimum Gasteiger partial charge on any atom is -0.493 e. The molecule has 1 N–H and O–H groups in total. The average Bonchev–Trinajstić information content (AvgIpc) is 2.69. The topological polar surface area (TPSA) is 30.5 Å². The van der Waals surface area contributed by atoms with E-state index < -0.39 is 0 Å². The van der Waals surface area contributed by atoms with E-state index in [-0.39, 0.29) is 24.8 Å². The van der Waals surface area contributed by atoms with Gasteiger partial charge in [-0.05, 0) is 42.8 Å². The maximum atomic E-state index is 13.1. The maximum absolute atomic E-state index is 13.1. The molecule has 6 heteroatoms. The second kappa shape index (κ2) is 14.5. The molecule has 162 valence electrons. The number of methoxy groups -OCH3 is 1. The van der Waals surface area contributed by atoms with Gasteiger partial charge in [0, 0.05) is 12.1 Å². The lowest BCUT2D eigenvalue weighted by molar-refractivity contribution is 0.284. The van der Waals surface area contributed by atoms with Crippen molar-refractivity contribution in [3.05, 3.63) is 58.4 Å². The van der Waals surface area contributed by atoms with Gasteiger partial charge in [0.05, 0.1) is 12.1 Å². The Morgan fingerprint density at radius 3 is 2.45 bits per heavy atom. The predicted octanol–water partition coefficient (Wildman–Crippen LogP) is 6.94. The summed E-state index contributed by atoms with van der Waals surface area (Å²) in [4.78, 5) is 0. The van der Waals surface area contributed by atoms with Gasteiger partial charge in [0.25, 0.3) is 0 Å². The fourth-order valence-electron chi connectivity index (χ4n) is 3.00. The van der Waals surface area contributed by atoms with Crippen LogP contribution in [0.2, 0.25) is 5.02 Å². The Labute approximate surface area is 185 Å². The first-order valence-corrected chi connectivity index (χ1v) is 10.5. The zero-order valence-corrected chi connectivity index (χ0v) is 18.9. The maximum Gasteiger partial charge on any atom is 0.161 e. The Bertz CT molecular complexity index is 728. The predicted molar refractivity (Wildman–Crippen MR) is 121 cm³/mol. The molecule has 0 heterocycles. The second-order valence-electron chi connectivity index (χ2n) is 6.95. The number of rotatable bonds is 13. The van der Waals surface area contributed by atoms with Crippen molar-refractivity contribution in [2.24, 2.45) is 0 Å². The molecule has 0 aliphatic rings. The smallest absolute Gasteiger partial charge is 0.161 e. The summed E-state index contributed by atoms with van der Waals surface area (Å²) in [6.07, 6.45) is 7.80. The molecule has 29 heavy (non-hydrogen) atoms. The molecule has 0 bridgehead atoms. The van der Waals surface area contributed by atoms with Crippen molar-refractivity contribution in [2.75, 3.05) is 13.7 Å². The van der Waals surface area contributed by atoms with E-state index in [9.17, 15) is 4.39 Å². The summed E-state index contributed by atoms with van der Waals surface area (Å²) in [6, 6.07) is 10.2. The van der Waals surface area contributed by atoms with Crippen LogP contribution in [0.1, 0.15) is 56.6 Å². The van der Waals surface area contributed by atoms with Gasteiger partial charge in [-0.1, -0.05) is 62.8 Å². The van der Waals surface area contributed by atoms with E-state index in [1.807, 2.05) is 18.2 Å². The summed E-state index contributed by atoms with van der Waals surface area (Å²) in [7, 11) is 1.63. The van der Waals surface area contributed by atoms with Crippen molar-refractivity contribution >= 4 is 24.0 Å². The third-order valence-corrected chi connectivity index (χ3v) is 5.01. The monoisotopic (exact) mass is 443 g/mol. The Hall–Kier alpha value is -1.49. The number of ether oxygens (including phenoxy) is 2. The highest BCUT2D eigenvalue weighted by Gasteiger charge is 2.08. The van der Waals surface area contributed by atoms with E-state index in [1.165, 1.54) is 50.7 Å². The molecule has 0 spiro atoms. The Morgan fingerprint density at radius 1 is 0.966 bits per heavy atom. The zero-order chi connectivity index (χ0) is 20.2. The quantitative estimate of drug-likeness (QED) is 0.340. The Balaban J connectivity index is 0.00000420. The van der Waals surface area contributed by atoms with E-state index in [1.54, 1.807) is 13.2 Å². The molecule has 0 amide bonds. The molecule has 0 atom stereocenters. The second-order valence-corrected chi connectivity index (χ2v) is 7.36. The van der Waals surface area contributed by atoms with Crippen LogP contribution in [0.3, 0.4) is 0 Å². The van der Waals surface area contributed by atoms with Crippen molar-refractivity contribution in [1.82, 2.24) is 5.32 Å². The number of unbranched alkanes of at least 4 members (excludes halogenated alkanes) is 5. The molecule has 2 aromatic rings. The lowest BCUT2D eigenvalue weighted by Gasteiger charge is -2.13. The number of hydrogen-bond donors (Lipinski definition) is 1. The molecule has 3 nitrogen and oxygen atoms in total. The fraction of sp³-hybridized carbons (Fsp3) is 0.478. The molecule has 2 aromatic carbocycles. The summed E-state index contributed by atoms with van der Waals surface area (Å²) >= 11 is 6.05. The number of benzene rings is 2. The van der Waals surface area contributed by atoms with Crippen LogP contribution in [-0.4, -0.2) is 13.7 Å². The van der Waals surface area contributed by atoms with Crippen molar-refractivity contribution in [1.29, 1.82) is 0 Å². The third kappa shape index (κ3) is 9.24. The van der Waals surface area contributed by atoms with Gasteiger partial charge < -0.3 is 14.8 Å². The first-order valence-electron chi connectivity index (χ1n) is 10.1. The molecule has 0 saturated carbocycles. The molecular weight excluding hydrogens is 412 g/mol. The highest BCUT2D eigenvalue weighted by molar-refractivity contribution is 6.31. The minimum atomic E-state index is -0.357. The van der Waals surface area contributed by atoms with Gasteiger partial charge in [-0.15, -0.1) is 12.4 Å². The normalized spacial score (nSPS) is 10.5. The summed E-state index contributed by atoms with van der Waals surface area (Å²) in [5.74, 6) is 0.962. The third-order valence-electron chi connectivity index (χ3n) is 4.66. The van der Waals surface area contributed by atoms with Crippen LogP contribution in [0.4, 0.5) is 4.39 Å². The van der Waals surface area contributed by atoms with Crippen molar-refractivity contribution in [2.45, 2.75) is 58.6 Å². The molecule has 0 aliphatic carbocycles. The summed E-state index contributed by atoms with van der Waals surface area (Å²) in [6.45, 7) is 4.32. The van der Waals surface area contributed by atoms with E-state index >= 15 is 0 Å². The highest BCUT2D eigenvalue weighted by atomic mass is 35.5. The molecule has 0 aliphatic heterocycles. The van der Waals surface area contributed by atoms with Crippen LogP contribution in [0, 0.1) is 5.82 Å². The largest absolute Gasteiger partial charge is 0.493 e. The minimum absolute atomic E-state index is 0. The number of halogens is 3. The summed E-state index contributed by atoms with van der Waals surface area (Å²) in [5, 5.41) is 3.84. The van der Waals surface area contributed by atoms with Crippen molar-refractivity contribution in [3.8, 4) is 11.5 Å². The van der Waals surface area contributed by atoms with E-state index in [0.717, 1.165) is 24.2 Å². The van der Waals surface area contributed by atoms with Crippen LogP contribution in [0.5, 0.6) is 11.5 Å². The van der Waals surface area contributed by atoms with Gasteiger partial charge in [0.1, 0.15) is 12.4 Å². The van der Waals surface area contributed by atoms with Gasteiger partial charge in [-0.25, -0.2) is 4.39 Å². The van der Waals surface area contributed by atoms with Gasteiger partial charge in [0.2, 0.25) is 0 Å². The molecule has 0 radical (unpaired) electrons. The van der Waals surface area contributed by atoms with Gasteiger partial charge in [0.15, 0.2) is 11.5 Å². The molecule has 0 aromatic heterocycles. The first-order chi connectivity index (χ1) is 13.6. The number of nitrogens with one attached hydrogen (secondary N) is 1. The van der Waals surface area contributed by atoms with Gasteiger partial charge >= 0.3 is 0 Å². The SMILES string of the molecule is CCCCCCCCNCc1ccc(OCc2ccc(F)cc2Cl)c(OC)c1.Cl. The first kappa shape index (κ1) is 25.5. The molecular formula is C23H32Cl2FNO2. The van der Waals surface area contributed by atoms with E-state index in [0.29, 0.717) is 16.5 Å². The van der Waals surface area contributed by atoms with Crippen LogP contribution in [-0.2, 0) is 13.2 Å². The summed E-state index contributed by atoms with van der Waals surface area (Å²) in [5.41, 5.74) is 1.88. The standard InChI is InChI=1S/C23H31ClFNO2.ClH/c1-3-4-5-6-7-8-13-26-16-18-9-12-22(23(14-18)27-2)28-17-19-10-11-20(25)15-21(19)24;/h9-12,14-15,26H,3-8,13,16-17H2,1-2H3;1H. The lowest BCUT2D eigenvalue weighted by Crippen LogP contribution is -2.14. The van der Waals surface area contributed by atoms with Crippen molar-refractivity contribution in [3.63, 3.8) is 0 Å². The molecule has 2 rings (SSSR count). The zero-order valence-electron chi connectivity index (χ0n) is 17.3.